The molecule has 3 rings (SSSR count). The minimum absolute atomic E-state index is 0.435. The minimum atomic E-state index is -0.435. The molecule has 0 unspecified atom stereocenters. The van der Waals surface area contributed by atoms with Crippen LogP contribution in [0.5, 0.6) is 0 Å². The number of rotatable bonds is 3. The Kier molecular flexibility index (Phi) is 3.31. The third-order valence-corrected chi connectivity index (χ3v) is 3.42. The number of fused-ring (bicyclic) bond motifs is 1. The highest BCUT2D eigenvalue weighted by atomic mass is 79.9. The standard InChI is InChI=1S/C14H12BrN3O2/c1-8-4-10(15)7-17-13(8)16-6-9-2-3-11-12(5-9)20-14(19)18-11/h2-5,7H,6H2,1H3,(H,16,17)(H,18,19). The Hall–Kier alpha value is -2.08. The van der Waals surface area contributed by atoms with E-state index >= 15 is 0 Å². The molecule has 0 amide bonds. The van der Waals surface area contributed by atoms with Crippen LogP contribution in [0.2, 0.25) is 0 Å². The zero-order chi connectivity index (χ0) is 14.1. The molecule has 0 radical (unpaired) electrons. The van der Waals surface area contributed by atoms with Crippen LogP contribution in [-0.4, -0.2) is 9.97 Å². The van der Waals surface area contributed by atoms with Gasteiger partial charge < -0.3 is 9.73 Å². The van der Waals surface area contributed by atoms with Crippen LogP contribution < -0.4 is 11.1 Å². The van der Waals surface area contributed by atoms with Crippen molar-refractivity contribution in [2.24, 2.45) is 0 Å². The lowest BCUT2D eigenvalue weighted by molar-refractivity contribution is 0.555. The number of hydrogen-bond acceptors (Lipinski definition) is 4. The topological polar surface area (TPSA) is 70.9 Å². The second-order valence-corrected chi connectivity index (χ2v) is 5.43. The van der Waals surface area contributed by atoms with Gasteiger partial charge in [0.05, 0.1) is 5.52 Å². The van der Waals surface area contributed by atoms with Crippen LogP contribution in [0.15, 0.2) is 44.1 Å². The summed E-state index contributed by atoms with van der Waals surface area (Å²) in [6.07, 6.45) is 1.75. The first kappa shape index (κ1) is 12.9. The molecule has 6 heteroatoms. The molecule has 0 saturated carbocycles. The molecule has 2 aromatic heterocycles. The van der Waals surface area contributed by atoms with E-state index in [0.717, 1.165) is 21.4 Å². The van der Waals surface area contributed by atoms with Crippen molar-refractivity contribution in [3.63, 3.8) is 0 Å². The quantitative estimate of drug-likeness (QED) is 0.772. The van der Waals surface area contributed by atoms with Crippen LogP contribution >= 0.6 is 15.9 Å². The second kappa shape index (κ2) is 5.13. The zero-order valence-electron chi connectivity index (χ0n) is 10.7. The number of oxazole rings is 1. The van der Waals surface area contributed by atoms with Gasteiger partial charge in [-0.3, -0.25) is 4.98 Å². The second-order valence-electron chi connectivity index (χ2n) is 4.52. The average molecular weight is 334 g/mol. The molecular formula is C14H12BrN3O2. The van der Waals surface area contributed by atoms with Crippen molar-refractivity contribution in [3.05, 3.63) is 56.6 Å². The first-order valence-electron chi connectivity index (χ1n) is 6.09. The maximum atomic E-state index is 11.1. The van der Waals surface area contributed by atoms with Crippen molar-refractivity contribution >= 4 is 32.8 Å². The van der Waals surface area contributed by atoms with Crippen LogP contribution in [0.25, 0.3) is 11.1 Å². The summed E-state index contributed by atoms with van der Waals surface area (Å²) in [5.41, 5.74) is 3.35. The van der Waals surface area contributed by atoms with E-state index in [-0.39, 0.29) is 0 Å². The van der Waals surface area contributed by atoms with E-state index in [1.165, 1.54) is 0 Å². The number of benzene rings is 1. The summed E-state index contributed by atoms with van der Waals surface area (Å²) in [4.78, 5) is 18.0. The zero-order valence-corrected chi connectivity index (χ0v) is 12.3. The van der Waals surface area contributed by atoms with Gasteiger partial charge in [0.1, 0.15) is 5.82 Å². The highest BCUT2D eigenvalue weighted by molar-refractivity contribution is 9.10. The summed E-state index contributed by atoms with van der Waals surface area (Å²) in [7, 11) is 0. The van der Waals surface area contributed by atoms with E-state index in [2.05, 4.69) is 31.2 Å². The SMILES string of the molecule is Cc1cc(Br)cnc1NCc1ccc2[nH]c(=O)oc2c1. The van der Waals surface area contributed by atoms with Crippen molar-refractivity contribution < 1.29 is 4.42 Å². The first-order chi connectivity index (χ1) is 9.61. The molecule has 0 fully saturated rings. The Morgan fingerprint density at radius 3 is 3.05 bits per heavy atom. The average Bonchev–Trinajstić information content (AvgIpc) is 2.77. The molecule has 2 heterocycles. The lowest BCUT2D eigenvalue weighted by atomic mass is 10.2. The monoisotopic (exact) mass is 333 g/mol. The maximum absolute atomic E-state index is 11.1. The molecule has 0 spiro atoms. The molecule has 0 saturated heterocycles. The summed E-state index contributed by atoms with van der Waals surface area (Å²) in [5.74, 6) is 0.402. The van der Waals surface area contributed by atoms with Crippen LogP contribution in [0.4, 0.5) is 5.82 Å². The Morgan fingerprint density at radius 2 is 2.25 bits per heavy atom. The summed E-state index contributed by atoms with van der Waals surface area (Å²) < 4.78 is 5.99. The fourth-order valence-electron chi connectivity index (χ4n) is 2.01. The maximum Gasteiger partial charge on any atom is 0.417 e. The largest absolute Gasteiger partial charge is 0.417 e. The molecular weight excluding hydrogens is 322 g/mol. The highest BCUT2D eigenvalue weighted by Gasteiger charge is 2.04. The Labute approximate surface area is 123 Å². The van der Waals surface area contributed by atoms with Gasteiger partial charge in [-0.25, -0.2) is 9.78 Å². The van der Waals surface area contributed by atoms with E-state index in [4.69, 9.17) is 4.42 Å². The molecule has 0 aliphatic heterocycles. The smallest absolute Gasteiger partial charge is 0.408 e. The summed E-state index contributed by atoms with van der Waals surface area (Å²) in [6, 6.07) is 7.62. The van der Waals surface area contributed by atoms with Gasteiger partial charge in [0.25, 0.3) is 0 Å². The molecule has 0 bridgehead atoms. The molecule has 3 aromatic rings. The molecule has 102 valence electrons. The molecule has 0 aliphatic carbocycles. The number of nitrogens with zero attached hydrogens (tertiary/aromatic N) is 1. The fourth-order valence-corrected chi connectivity index (χ4v) is 2.46. The van der Waals surface area contributed by atoms with Gasteiger partial charge in [0.2, 0.25) is 0 Å². The van der Waals surface area contributed by atoms with Crippen LogP contribution in [0.1, 0.15) is 11.1 Å². The molecule has 0 aliphatic rings. The van der Waals surface area contributed by atoms with Gasteiger partial charge in [-0.05, 0) is 52.2 Å². The Balaban J connectivity index is 1.80. The lowest BCUT2D eigenvalue weighted by Crippen LogP contribution is -2.02. The number of H-pyrrole nitrogens is 1. The number of aromatic nitrogens is 2. The van der Waals surface area contributed by atoms with Crippen LogP contribution in [-0.2, 0) is 6.54 Å². The number of hydrogen-bond donors (Lipinski definition) is 2. The third-order valence-electron chi connectivity index (χ3n) is 2.99. The Morgan fingerprint density at radius 1 is 1.40 bits per heavy atom. The normalized spacial score (nSPS) is 10.9. The number of anilines is 1. The minimum Gasteiger partial charge on any atom is -0.408 e. The molecule has 0 atom stereocenters. The van der Waals surface area contributed by atoms with Gasteiger partial charge >= 0.3 is 5.76 Å². The number of aromatic amines is 1. The Bertz CT molecular complexity index is 823. The van der Waals surface area contributed by atoms with Crippen LogP contribution in [0, 0.1) is 6.92 Å². The van der Waals surface area contributed by atoms with Crippen molar-refractivity contribution in [3.8, 4) is 0 Å². The van der Waals surface area contributed by atoms with E-state index in [1.54, 1.807) is 6.20 Å². The lowest BCUT2D eigenvalue weighted by Gasteiger charge is -2.08. The number of halogens is 1. The molecule has 20 heavy (non-hydrogen) atoms. The van der Waals surface area contributed by atoms with E-state index < -0.39 is 5.76 Å². The van der Waals surface area contributed by atoms with Gasteiger partial charge in [-0.2, -0.15) is 0 Å². The molecule has 1 aromatic carbocycles. The number of nitrogens with one attached hydrogen (secondary N) is 2. The summed E-state index contributed by atoms with van der Waals surface area (Å²) >= 11 is 3.39. The first-order valence-corrected chi connectivity index (χ1v) is 6.89. The number of aryl methyl sites for hydroxylation is 1. The molecule has 5 nitrogen and oxygen atoms in total. The summed E-state index contributed by atoms with van der Waals surface area (Å²) in [5, 5.41) is 3.27. The van der Waals surface area contributed by atoms with Gasteiger partial charge in [-0.15, -0.1) is 0 Å². The van der Waals surface area contributed by atoms with Gasteiger partial charge in [0.15, 0.2) is 5.58 Å². The third kappa shape index (κ3) is 2.60. The van der Waals surface area contributed by atoms with Crippen molar-refractivity contribution in [1.29, 1.82) is 0 Å². The highest BCUT2D eigenvalue weighted by Crippen LogP contribution is 2.18. The van der Waals surface area contributed by atoms with Crippen molar-refractivity contribution in [1.82, 2.24) is 9.97 Å². The van der Waals surface area contributed by atoms with Gasteiger partial charge in [-0.1, -0.05) is 6.07 Å². The van der Waals surface area contributed by atoms with Crippen LogP contribution in [0.3, 0.4) is 0 Å². The van der Waals surface area contributed by atoms with Crippen molar-refractivity contribution in [2.75, 3.05) is 5.32 Å². The summed E-state index contributed by atoms with van der Waals surface area (Å²) in [6.45, 7) is 2.61. The van der Waals surface area contributed by atoms with E-state index in [1.807, 2.05) is 31.2 Å². The molecule has 2 N–H and O–H groups in total. The van der Waals surface area contributed by atoms with Crippen molar-refractivity contribution in [2.45, 2.75) is 13.5 Å². The number of pyridine rings is 1. The van der Waals surface area contributed by atoms with E-state index in [0.29, 0.717) is 17.6 Å². The fraction of sp³-hybridized carbons (Fsp3) is 0.143. The van der Waals surface area contributed by atoms with Gasteiger partial charge in [0, 0.05) is 17.2 Å². The predicted molar refractivity (Wildman–Crippen MR) is 80.8 cm³/mol. The van der Waals surface area contributed by atoms with E-state index in [9.17, 15) is 4.79 Å². The predicted octanol–water partition coefficient (Wildman–Crippen LogP) is 3.20.